The fourth-order valence-corrected chi connectivity index (χ4v) is 2.38. The maximum Gasteiger partial charge on any atom is 0.198 e. The zero-order chi connectivity index (χ0) is 16.1. The van der Waals surface area contributed by atoms with E-state index in [0.29, 0.717) is 28.0 Å². The standard InChI is InChI=1S/C18H18O4/c1-4-5-7-12-13(10-11-21-2)17(19)14-8-6-9-15(22-3)16(14)18(12)20/h4-10H,11H2,1-3H3/b5-4-,12-7+,13-10+. The van der Waals surface area contributed by atoms with E-state index in [1.54, 1.807) is 49.6 Å². The molecule has 22 heavy (non-hydrogen) atoms. The van der Waals surface area contributed by atoms with Gasteiger partial charge in [-0.2, -0.15) is 0 Å². The van der Waals surface area contributed by atoms with Crippen molar-refractivity contribution in [3.05, 3.63) is 64.8 Å². The summed E-state index contributed by atoms with van der Waals surface area (Å²) < 4.78 is 10.2. The second-order valence-electron chi connectivity index (χ2n) is 4.72. The van der Waals surface area contributed by atoms with Crippen molar-refractivity contribution in [3.63, 3.8) is 0 Å². The van der Waals surface area contributed by atoms with Crippen molar-refractivity contribution in [3.8, 4) is 5.75 Å². The van der Waals surface area contributed by atoms with Crippen LogP contribution >= 0.6 is 0 Å². The van der Waals surface area contributed by atoms with E-state index in [1.807, 2.05) is 6.92 Å². The molecule has 0 saturated heterocycles. The zero-order valence-electron chi connectivity index (χ0n) is 12.9. The first-order chi connectivity index (χ1) is 10.7. The van der Waals surface area contributed by atoms with E-state index in [9.17, 15) is 9.59 Å². The number of ketones is 2. The molecule has 0 atom stereocenters. The SMILES string of the molecule is C\C=C/C=C1/C(=O)c2c(OC)cccc2C(=O)/C1=C/COC. The van der Waals surface area contributed by atoms with Gasteiger partial charge in [0.2, 0.25) is 0 Å². The number of carbonyl (C=O) groups is 2. The Labute approximate surface area is 129 Å². The zero-order valence-corrected chi connectivity index (χ0v) is 12.9. The van der Waals surface area contributed by atoms with E-state index in [1.165, 1.54) is 7.11 Å². The van der Waals surface area contributed by atoms with Crippen LogP contribution in [0.15, 0.2) is 53.6 Å². The smallest absolute Gasteiger partial charge is 0.198 e. The van der Waals surface area contributed by atoms with Crippen molar-refractivity contribution in [1.82, 2.24) is 0 Å². The van der Waals surface area contributed by atoms with Gasteiger partial charge in [-0.05, 0) is 19.1 Å². The van der Waals surface area contributed by atoms with Gasteiger partial charge in [-0.25, -0.2) is 0 Å². The van der Waals surface area contributed by atoms with Crippen molar-refractivity contribution in [2.75, 3.05) is 20.8 Å². The molecule has 0 radical (unpaired) electrons. The molecule has 0 amide bonds. The summed E-state index contributed by atoms with van der Waals surface area (Å²) in [5, 5.41) is 0. The highest BCUT2D eigenvalue weighted by Crippen LogP contribution is 2.34. The third-order valence-corrected chi connectivity index (χ3v) is 3.41. The quantitative estimate of drug-likeness (QED) is 0.801. The first kappa shape index (κ1) is 15.9. The average Bonchev–Trinajstić information content (AvgIpc) is 2.55. The number of Topliss-reactive ketones (excluding diaryl/α,β-unsaturated/α-hetero) is 2. The number of rotatable bonds is 4. The minimum absolute atomic E-state index is 0.193. The summed E-state index contributed by atoms with van der Waals surface area (Å²) in [6, 6.07) is 5.03. The minimum atomic E-state index is -0.215. The molecular formula is C18H18O4. The molecule has 1 aromatic carbocycles. The Hall–Kier alpha value is -2.46. The van der Waals surface area contributed by atoms with E-state index in [2.05, 4.69) is 0 Å². The molecule has 0 aromatic heterocycles. The molecule has 2 rings (SSSR count). The van der Waals surface area contributed by atoms with Gasteiger partial charge in [-0.3, -0.25) is 9.59 Å². The Balaban J connectivity index is 2.69. The molecular weight excluding hydrogens is 280 g/mol. The Morgan fingerprint density at radius 3 is 2.50 bits per heavy atom. The highest BCUT2D eigenvalue weighted by molar-refractivity contribution is 6.32. The highest BCUT2D eigenvalue weighted by Gasteiger charge is 2.34. The van der Waals surface area contributed by atoms with Crippen LogP contribution in [0.2, 0.25) is 0 Å². The molecule has 0 saturated carbocycles. The van der Waals surface area contributed by atoms with Crippen LogP contribution in [0.25, 0.3) is 0 Å². The normalized spacial score (nSPS) is 18.3. The summed E-state index contributed by atoms with van der Waals surface area (Å²) >= 11 is 0. The lowest BCUT2D eigenvalue weighted by atomic mass is 9.81. The van der Waals surface area contributed by atoms with Crippen molar-refractivity contribution < 1.29 is 19.1 Å². The van der Waals surface area contributed by atoms with Crippen molar-refractivity contribution in [1.29, 1.82) is 0 Å². The van der Waals surface area contributed by atoms with E-state index in [0.717, 1.165) is 0 Å². The summed E-state index contributed by atoms with van der Waals surface area (Å²) in [7, 11) is 3.03. The topological polar surface area (TPSA) is 52.6 Å². The van der Waals surface area contributed by atoms with Gasteiger partial charge < -0.3 is 9.47 Å². The molecule has 1 aromatic rings. The molecule has 0 heterocycles. The Morgan fingerprint density at radius 2 is 1.86 bits per heavy atom. The lowest BCUT2D eigenvalue weighted by Crippen LogP contribution is -2.24. The predicted octanol–water partition coefficient (Wildman–Crippen LogP) is 3.15. The summed E-state index contributed by atoms with van der Waals surface area (Å²) in [5.74, 6) is 0.00169. The van der Waals surface area contributed by atoms with Crippen LogP contribution in [-0.2, 0) is 4.74 Å². The highest BCUT2D eigenvalue weighted by atomic mass is 16.5. The average molecular weight is 298 g/mol. The predicted molar refractivity (Wildman–Crippen MR) is 84.5 cm³/mol. The van der Waals surface area contributed by atoms with Crippen LogP contribution in [0.5, 0.6) is 5.75 Å². The number of hydrogen-bond acceptors (Lipinski definition) is 4. The van der Waals surface area contributed by atoms with Gasteiger partial charge in [0.1, 0.15) is 5.75 Å². The van der Waals surface area contributed by atoms with Gasteiger partial charge in [-0.1, -0.05) is 30.4 Å². The van der Waals surface area contributed by atoms with Gasteiger partial charge in [0.15, 0.2) is 11.6 Å². The van der Waals surface area contributed by atoms with Gasteiger partial charge in [-0.15, -0.1) is 0 Å². The number of benzene rings is 1. The van der Waals surface area contributed by atoms with E-state index in [4.69, 9.17) is 9.47 Å². The molecule has 0 N–H and O–H groups in total. The summed E-state index contributed by atoms with van der Waals surface area (Å²) in [6.07, 6.45) is 6.83. The van der Waals surface area contributed by atoms with E-state index >= 15 is 0 Å². The van der Waals surface area contributed by atoms with Gasteiger partial charge in [0.05, 0.1) is 19.3 Å². The summed E-state index contributed by atoms with van der Waals surface area (Å²) in [6.45, 7) is 2.11. The first-order valence-corrected chi connectivity index (χ1v) is 6.94. The molecule has 1 aliphatic carbocycles. The second kappa shape index (κ2) is 7.00. The molecule has 0 unspecified atom stereocenters. The fraction of sp³-hybridized carbons (Fsp3) is 0.222. The van der Waals surface area contributed by atoms with Crippen LogP contribution in [0, 0.1) is 0 Å². The lowest BCUT2D eigenvalue weighted by molar-refractivity contribution is 0.0969. The van der Waals surface area contributed by atoms with Crippen LogP contribution in [-0.4, -0.2) is 32.4 Å². The van der Waals surface area contributed by atoms with Gasteiger partial charge >= 0.3 is 0 Å². The van der Waals surface area contributed by atoms with E-state index < -0.39 is 0 Å². The maximum atomic E-state index is 12.8. The number of allylic oxidation sites excluding steroid dienone is 5. The number of methoxy groups -OCH3 is 2. The molecule has 0 spiro atoms. The Kier molecular flexibility index (Phi) is 5.07. The first-order valence-electron chi connectivity index (χ1n) is 6.94. The van der Waals surface area contributed by atoms with Crippen molar-refractivity contribution in [2.24, 2.45) is 0 Å². The van der Waals surface area contributed by atoms with Gasteiger partial charge in [0, 0.05) is 23.8 Å². The van der Waals surface area contributed by atoms with Crippen LogP contribution in [0.4, 0.5) is 0 Å². The second-order valence-corrected chi connectivity index (χ2v) is 4.72. The van der Waals surface area contributed by atoms with Crippen LogP contribution in [0.3, 0.4) is 0 Å². The fourth-order valence-electron chi connectivity index (χ4n) is 2.38. The van der Waals surface area contributed by atoms with Crippen LogP contribution in [0.1, 0.15) is 27.6 Å². The molecule has 1 aliphatic rings. The number of carbonyl (C=O) groups excluding carboxylic acids is 2. The Morgan fingerprint density at radius 1 is 1.09 bits per heavy atom. The van der Waals surface area contributed by atoms with E-state index in [-0.39, 0.29) is 18.2 Å². The molecule has 0 fully saturated rings. The van der Waals surface area contributed by atoms with Crippen molar-refractivity contribution >= 4 is 11.6 Å². The van der Waals surface area contributed by atoms with Gasteiger partial charge in [0.25, 0.3) is 0 Å². The van der Waals surface area contributed by atoms with Crippen LogP contribution < -0.4 is 4.74 Å². The third-order valence-electron chi connectivity index (χ3n) is 3.41. The molecule has 114 valence electrons. The molecule has 4 nitrogen and oxygen atoms in total. The lowest BCUT2D eigenvalue weighted by Gasteiger charge is -2.21. The third kappa shape index (κ3) is 2.78. The molecule has 0 aliphatic heterocycles. The van der Waals surface area contributed by atoms with Crippen molar-refractivity contribution in [2.45, 2.75) is 6.92 Å². The summed E-state index contributed by atoms with van der Waals surface area (Å²) in [5.41, 5.74) is 1.41. The summed E-state index contributed by atoms with van der Waals surface area (Å²) in [4.78, 5) is 25.5. The number of ether oxygens (including phenoxy) is 2. The largest absolute Gasteiger partial charge is 0.496 e. The minimum Gasteiger partial charge on any atom is -0.496 e. The molecule has 0 bridgehead atoms. The Bertz CT molecular complexity index is 693. The number of hydrogen-bond donors (Lipinski definition) is 0. The number of fused-ring (bicyclic) bond motifs is 1. The monoisotopic (exact) mass is 298 g/mol. The molecule has 4 heteroatoms. The maximum absolute atomic E-state index is 12.8.